The Balaban J connectivity index is 2.13. The maximum Gasteiger partial charge on any atom is 0.144 e. The zero-order valence-electron chi connectivity index (χ0n) is 10.3. The predicted octanol–water partition coefficient (Wildman–Crippen LogP) is 1.62. The monoisotopic (exact) mass is 234 g/mol. The molecule has 0 amide bonds. The average molecular weight is 234 g/mol. The molecule has 3 rings (SSSR count). The van der Waals surface area contributed by atoms with Crippen LogP contribution in [0, 0.1) is 0 Å². The van der Waals surface area contributed by atoms with Crippen molar-refractivity contribution in [2.75, 3.05) is 14.2 Å². The van der Waals surface area contributed by atoms with Crippen molar-refractivity contribution in [3.63, 3.8) is 0 Å². The molecule has 2 saturated carbocycles. The van der Waals surface area contributed by atoms with Gasteiger partial charge in [-0.05, 0) is 25.7 Å². The van der Waals surface area contributed by atoms with E-state index in [9.17, 15) is 0 Å². The Morgan fingerprint density at radius 3 is 1.94 bits per heavy atom. The van der Waals surface area contributed by atoms with Gasteiger partial charge < -0.3 is 15.2 Å². The molecule has 2 N–H and O–H groups in total. The summed E-state index contributed by atoms with van der Waals surface area (Å²) in [5.74, 6) is 1.61. The summed E-state index contributed by atoms with van der Waals surface area (Å²) in [6.07, 6.45) is 7.96. The number of hydrogen-bond acceptors (Lipinski definition) is 4. The number of ether oxygens (including phenoxy) is 2. The first-order valence-electron chi connectivity index (χ1n) is 6.02. The highest BCUT2D eigenvalue weighted by molar-refractivity contribution is 5.54. The Kier molecular flexibility index (Phi) is 2.14. The van der Waals surface area contributed by atoms with Gasteiger partial charge in [-0.15, -0.1) is 0 Å². The number of hydrogen-bond donors (Lipinski definition) is 1. The Hall–Kier alpha value is -1.29. The molecule has 1 aromatic rings. The minimum atomic E-state index is -0.0467. The number of nitrogens with zero attached hydrogens (tertiary/aromatic N) is 1. The van der Waals surface area contributed by atoms with Gasteiger partial charge in [0.05, 0.1) is 26.6 Å². The molecule has 2 fully saturated rings. The molecular formula is C13H18N2O2. The van der Waals surface area contributed by atoms with Crippen molar-refractivity contribution >= 4 is 0 Å². The molecule has 0 aliphatic heterocycles. The van der Waals surface area contributed by atoms with Crippen molar-refractivity contribution in [1.29, 1.82) is 0 Å². The van der Waals surface area contributed by atoms with E-state index in [0.717, 1.165) is 42.7 Å². The molecule has 0 saturated heterocycles. The van der Waals surface area contributed by atoms with Crippen molar-refractivity contribution < 1.29 is 9.47 Å². The van der Waals surface area contributed by atoms with Gasteiger partial charge in [0.15, 0.2) is 0 Å². The molecule has 2 aliphatic rings. The molecule has 2 aliphatic carbocycles. The number of nitrogens with two attached hydrogens (primary N) is 1. The van der Waals surface area contributed by atoms with Gasteiger partial charge in [-0.25, -0.2) is 0 Å². The quantitative estimate of drug-likeness (QED) is 0.860. The second-order valence-corrected chi connectivity index (χ2v) is 5.16. The summed E-state index contributed by atoms with van der Waals surface area (Å²) in [5, 5.41) is 0. The Morgan fingerprint density at radius 2 is 1.59 bits per heavy atom. The smallest absolute Gasteiger partial charge is 0.144 e. The van der Waals surface area contributed by atoms with Gasteiger partial charge in [0.25, 0.3) is 0 Å². The van der Waals surface area contributed by atoms with Crippen molar-refractivity contribution in [2.24, 2.45) is 5.73 Å². The molecule has 17 heavy (non-hydrogen) atoms. The summed E-state index contributed by atoms with van der Waals surface area (Å²) in [4.78, 5) is 4.14. The lowest BCUT2D eigenvalue weighted by molar-refractivity contribution is 0.360. The van der Waals surface area contributed by atoms with Crippen LogP contribution in [0.3, 0.4) is 0 Å². The van der Waals surface area contributed by atoms with Gasteiger partial charge in [-0.2, -0.15) is 0 Å². The first-order chi connectivity index (χ1) is 8.17. The highest BCUT2D eigenvalue weighted by Gasteiger charge is 2.66. The standard InChI is InChI=1S/C13H18N2O2/c1-16-9-7-15-8-10(17-2)11(9)12(3-4-12)13(14)5-6-13/h7-8H,3-6,14H2,1-2H3. The lowest BCUT2D eigenvalue weighted by Crippen LogP contribution is -2.37. The van der Waals surface area contributed by atoms with E-state index in [0.29, 0.717) is 0 Å². The number of methoxy groups -OCH3 is 2. The maximum absolute atomic E-state index is 6.43. The molecule has 0 atom stereocenters. The second-order valence-electron chi connectivity index (χ2n) is 5.16. The molecule has 0 bridgehead atoms. The Morgan fingerprint density at radius 1 is 1.06 bits per heavy atom. The fourth-order valence-electron chi connectivity index (χ4n) is 2.94. The topological polar surface area (TPSA) is 57.4 Å². The Labute approximate surface area is 101 Å². The summed E-state index contributed by atoms with van der Waals surface area (Å²) < 4.78 is 10.9. The van der Waals surface area contributed by atoms with Crippen LogP contribution in [-0.4, -0.2) is 24.7 Å². The van der Waals surface area contributed by atoms with Gasteiger partial charge in [-0.3, -0.25) is 4.98 Å². The van der Waals surface area contributed by atoms with E-state index < -0.39 is 0 Å². The molecule has 1 aromatic heterocycles. The van der Waals surface area contributed by atoms with Crippen LogP contribution in [0.25, 0.3) is 0 Å². The van der Waals surface area contributed by atoms with Crippen molar-refractivity contribution in [3.05, 3.63) is 18.0 Å². The van der Waals surface area contributed by atoms with E-state index in [1.807, 2.05) is 0 Å². The molecule has 92 valence electrons. The zero-order chi connectivity index (χ0) is 12.1. The maximum atomic E-state index is 6.43. The van der Waals surface area contributed by atoms with E-state index >= 15 is 0 Å². The minimum absolute atomic E-state index is 0.0467. The lowest BCUT2D eigenvalue weighted by atomic mass is 9.85. The van der Waals surface area contributed by atoms with Gasteiger partial charge >= 0.3 is 0 Å². The van der Waals surface area contributed by atoms with Crippen LogP contribution >= 0.6 is 0 Å². The number of pyridine rings is 1. The largest absolute Gasteiger partial charge is 0.495 e. The van der Waals surface area contributed by atoms with Gasteiger partial charge in [-0.1, -0.05) is 0 Å². The van der Waals surface area contributed by atoms with Crippen LogP contribution in [-0.2, 0) is 5.41 Å². The molecular weight excluding hydrogens is 216 g/mol. The van der Waals surface area contributed by atoms with Crippen molar-refractivity contribution in [1.82, 2.24) is 4.98 Å². The Bertz CT molecular complexity index is 428. The van der Waals surface area contributed by atoms with E-state index in [-0.39, 0.29) is 11.0 Å². The van der Waals surface area contributed by atoms with Crippen molar-refractivity contribution in [3.8, 4) is 11.5 Å². The van der Waals surface area contributed by atoms with E-state index in [4.69, 9.17) is 15.2 Å². The fourth-order valence-corrected chi connectivity index (χ4v) is 2.94. The van der Waals surface area contributed by atoms with Crippen LogP contribution < -0.4 is 15.2 Å². The van der Waals surface area contributed by atoms with E-state index in [1.165, 1.54) is 0 Å². The molecule has 1 heterocycles. The summed E-state index contributed by atoms with van der Waals surface area (Å²) in [6, 6.07) is 0. The SMILES string of the molecule is COc1cncc(OC)c1C1(C2(N)CC2)CC1. The van der Waals surface area contributed by atoms with Gasteiger partial charge in [0.2, 0.25) is 0 Å². The normalized spacial score (nSPS) is 23.0. The van der Waals surface area contributed by atoms with Crippen LogP contribution in [0.1, 0.15) is 31.2 Å². The van der Waals surface area contributed by atoms with Crippen LogP contribution in [0.5, 0.6) is 11.5 Å². The van der Waals surface area contributed by atoms with E-state index in [1.54, 1.807) is 26.6 Å². The lowest BCUT2D eigenvalue weighted by Gasteiger charge is -2.26. The summed E-state index contributed by atoms with van der Waals surface area (Å²) in [5.41, 5.74) is 7.57. The predicted molar refractivity (Wildman–Crippen MR) is 64.4 cm³/mol. The first kappa shape index (κ1) is 10.8. The highest BCUT2D eigenvalue weighted by atomic mass is 16.5. The van der Waals surface area contributed by atoms with Crippen molar-refractivity contribution in [2.45, 2.75) is 36.6 Å². The van der Waals surface area contributed by atoms with Crippen LogP contribution in [0.4, 0.5) is 0 Å². The first-order valence-corrected chi connectivity index (χ1v) is 6.02. The average Bonchev–Trinajstić information content (AvgIpc) is 3.24. The zero-order valence-corrected chi connectivity index (χ0v) is 10.3. The molecule has 0 radical (unpaired) electrons. The minimum Gasteiger partial charge on any atom is -0.495 e. The van der Waals surface area contributed by atoms with Crippen LogP contribution in [0.2, 0.25) is 0 Å². The van der Waals surface area contributed by atoms with Gasteiger partial charge in [0.1, 0.15) is 11.5 Å². The number of rotatable bonds is 4. The van der Waals surface area contributed by atoms with Gasteiger partial charge in [0, 0.05) is 16.5 Å². The number of aromatic nitrogens is 1. The summed E-state index contributed by atoms with van der Waals surface area (Å²) in [7, 11) is 3.35. The molecule has 0 aromatic carbocycles. The molecule has 0 spiro atoms. The third-order valence-corrected chi connectivity index (χ3v) is 4.29. The summed E-state index contributed by atoms with van der Waals surface area (Å²) in [6.45, 7) is 0. The van der Waals surface area contributed by atoms with Crippen LogP contribution in [0.15, 0.2) is 12.4 Å². The molecule has 4 nitrogen and oxygen atoms in total. The second kappa shape index (κ2) is 3.35. The molecule has 4 heteroatoms. The highest BCUT2D eigenvalue weighted by Crippen LogP contribution is 2.66. The molecule has 0 unspecified atom stereocenters. The van der Waals surface area contributed by atoms with E-state index in [2.05, 4.69) is 4.98 Å². The summed E-state index contributed by atoms with van der Waals surface area (Å²) >= 11 is 0. The third kappa shape index (κ3) is 1.37. The fraction of sp³-hybridized carbons (Fsp3) is 0.615. The third-order valence-electron chi connectivity index (χ3n) is 4.29.